The standard InChI is InChI=1S/C15H20N2O/c1-11-3-7-13(8-4-11)15(18)17-16-14-9-5-12(2)6-10-14/h3-4,7-8,12H,5-6,9-10H2,1-2H3,(H,17,18). The lowest BCUT2D eigenvalue weighted by Crippen LogP contribution is -2.21. The van der Waals surface area contributed by atoms with E-state index in [4.69, 9.17) is 0 Å². The van der Waals surface area contributed by atoms with Crippen LogP contribution in [0, 0.1) is 12.8 Å². The first-order chi connectivity index (χ1) is 8.65. The van der Waals surface area contributed by atoms with Gasteiger partial charge in [-0.05, 0) is 50.7 Å². The average Bonchev–Trinajstić information content (AvgIpc) is 2.38. The van der Waals surface area contributed by atoms with Gasteiger partial charge in [0.15, 0.2) is 0 Å². The van der Waals surface area contributed by atoms with Gasteiger partial charge in [0.05, 0.1) is 0 Å². The topological polar surface area (TPSA) is 41.5 Å². The molecule has 1 aliphatic rings. The molecule has 0 bridgehead atoms. The van der Waals surface area contributed by atoms with E-state index >= 15 is 0 Å². The van der Waals surface area contributed by atoms with Gasteiger partial charge >= 0.3 is 0 Å². The van der Waals surface area contributed by atoms with Crippen LogP contribution in [0.15, 0.2) is 29.4 Å². The molecule has 0 radical (unpaired) electrons. The minimum absolute atomic E-state index is 0.124. The number of nitrogens with one attached hydrogen (secondary N) is 1. The van der Waals surface area contributed by atoms with Crippen LogP contribution in [-0.4, -0.2) is 11.6 Å². The first-order valence-electron chi connectivity index (χ1n) is 6.57. The Morgan fingerprint density at radius 1 is 1.22 bits per heavy atom. The molecule has 3 nitrogen and oxygen atoms in total. The van der Waals surface area contributed by atoms with Crippen molar-refractivity contribution in [3.63, 3.8) is 0 Å². The summed E-state index contributed by atoms with van der Waals surface area (Å²) < 4.78 is 0. The fourth-order valence-electron chi connectivity index (χ4n) is 2.11. The summed E-state index contributed by atoms with van der Waals surface area (Å²) in [6.45, 7) is 4.27. The molecule has 2 rings (SSSR count). The normalized spacial score (nSPS) is 19.4. The molecular weight excluding hydrogens is 224 g/mol. The summed E-state index contributed by atoms with van der Waals surface area (Å²) in [5.41, 5.74) is 5.58. The highest BCUT2D eigenvalue weighted by Crippen LogP contribution is 2.21. The van der Waals surface area contributed by atoms with Crippen LogP contribution in [0.3, 0.4) is 0 Å². The molecule has 1 saturated carbocycles. The number of carbonyl (C=O) groups excluding carboxylic acids is 1. The molecule has 0 heterocycles. The van der Waals surface area contributed by atoms with E-state index in [1.807, 2.05) is 31.2 Å². The van der Waals surface area contributed by atoms with Crippen molar-refractivity contribution < 1.29 is 4.79 Å². The maximum Gasteiger partial charge on any atom is 0.271 e. The number of hydrogen-bond acceptors (Lipinski definition) is 2. The molecule has 0 atom stereocenters. The zero-order valence-corrected chi connectivity index (χ0v) is 11.1. The van der Waals surface area contributed by atoms with E-state index in [9.17, 15) is 4.79 Å². The number of aryl methyl sites for hydroxylation is 1. The van der Waals surface area contributed by atoms with Crippen LogP contribution in [0.25, 0.3) is 0 Å². The van der Waals surface area contributed by atoms with Crippen LogP contribution >= 0.6 is 0 Å². The first-order valence-corrected chi connectivity index (χ1v) is 6.57. The first kappa shape index (κ1) is 12.8. The van der Waals surface area contributed by atoms with Gasteiger partial charge in [-0.25, -0.2) is 5.43 Å². The maximum atomic E-state index is 11.8. The van der Waals surface area contributed by atoms with Crippen LogP contribution in [0.1, 0.15) is 48.5 Å². The number of amides is 1. The Morgan fingerprint density at radius 2 is 1.83 bits per heavy atom. The molecule has 18 heavy (non-hydrogen) atoms. The van der Waals surface area contributed by atoms with Gasteiger partial charge in [0.25, 0.3) is 5.91 Å². The largest absolute Gasteiger partial charge is 0.271 e. The fourth-order valence-corrected chi connectivity index (χ4v) is 2.11. The monoisotopic (exact) mass is 244 g/mol. The molecule has 1 amide bonds. The molecule has 1 aromatic carbocycles. The van der Waals surface area contributed by atoms with Crippen molar-refractivity contribution in [2.24, 2.45) is 11.0 Å². The second-order valence-electron chi connectivity index (χ2n) is 5.17. The summed E-state index contributed by atoms with van der Waals surface area (Å²) in [7, 11) is 0. The number of hydrogen-bond donors (Lipinski definition) is 1. The third-order valence-electron chi connectivity index (χ3n) is 3.48. The van der Waals surface area contributed by atoms with Crippen molar-refractivity contribution >= 4 is 11.6 Å². The van der Waals surface area contributed by atoms with Gasteiger partial charge in [0, 0.05) is 11.3 Å². The Bertz CT molecular complexity index is 438. The molecular formula is C15H20N2O. The van der Waals surface area contributed by atoms with E-state index < -0.39 is 0 Å². The van der Waals surface area contributed by atoms with Crippen LogP contribution in [0.2, 0.25) is 0 Å². The van der Waals surface area contributed by atoms with Gasteiger partial charge in [-0.2, -0.15) is 5.10 Å². The Balaban J connectivity index is 1.92. The zero-order valence-electron chi connectivity index (χ0n) is 11.1. The van der Waals surface area contributed by atoms with Crippen LogP contribution < -0.4 is 5.43 Å². The van der Waals surface area contributed by atoms with Crippen LogP contribution in [-0.2, 0) is 0 Å². The van der Waals surface area contributed by atoms with E-state index in [0.29, 0.717) is 5.56 Å². The number of hydrazone groups is 1. The summed E-state index contributed by atoms with van der Waals surface area (Å²) in [6.07, 6.45) is 4.38. The number of rotatable bonds is 2. The lowest BCUT2D eigenvalue weighted by molar-refractivity contribution is 0.0954. The summed E-state index contributed by atoms with van der Waals surface area (Å²) >= 11 is 0. The Morgan fingerprint density at radius 3 is 2.44 bits per heavy atom. The van der Waals surface area contributed by atoms with E-state index in [2.05, 4.69) is 17.5 Å². The second kappa shape index (κ2) is 5.80. The molecule has 1 fully saturated rings. The summed E-state index contributed by atoms with van der Waals surface area (Å²) in [5.74, 6) is 0.665. The summed E-state index contributed by atoms with van der Waals surface area (Å²) in [5, 5.41) is 4.23. The van der Waals surface area contributed by atoms with Crippen LogP contribution in [0.5, 0.6) is 0 Å². The molecule has 0 unspecified atom stereocenters. The zero-order chi connectivity index (χ0) is 13.0. The van der Waals surface area contributed by atoms with Gasteiger partial charge < -0.3 is 0 Å². The highest BCUT2D eigenvalue weighted by molar-refractivity contribution is 5.95. The number of carbonyl (C=O) groups is 1. The van der Waals surface area contributed by atoms with Gasteiger partial charge in [-0.3, -0.25) is 4.79 Å². The second-order valence-corrected chi connectivity index (χ2v) is 5.17. The van der Waals surface area contributed by atoms with Crippen molar-refractivity contribution in [3.05, 3.63) is 35.4 Å². The molecule has 0 aliphatic heterocycles. The number of benzene rings is 1. The third-order valence-corrected chi connectivity index (χ3v) is 3.48. The van der Waals surface area contributed by atoms with E-state index in [1.165, 1.54) is 12.8 Å². The Kier molecular flexibility index (Phi) is 4.13. The fraction of sp³-hybridized carbons (Fsp3) is 0.467. The Labute approximate surface area is 108 Å². The average molecular weight is 244 g/mol. The van der Waals surface area contributed by atoms with Gasteiger partial charge in [-0.1, -0.05) is 24.6 Å². The predicted molar refractivity (Wildman–Crippen MR) is 73.7 cm³/mol. The number of nitrogens with zero attached hydrogens (tertiary/aromatic N) is 1. The van der Waals surface area contributed by atoms with Crippen molar-refractivity contribution in [1.29, 1.82) is 0 Å². The lowest BCUT2D eigenvalue weighted by atomic mass is 9.90. The minimum atomic E-state index is -0.124. The van der Waals surface area contributed by atoms with Crippen molar-refractivity contribution in [2.75, 3.05) is 0 Å². The predicted octanol–water partition coefficient (Wildman–Crippen LogP) is 3.29. The molecule has 1 aliphatic carbocycles. The highest BCUT2D eigenvalue weighted by atomic mass is 16.2. The van der Waals surface area contributed by atoms with Crippen molar-refractivity contribution in [3.8, 4) is 0 Å². The van der Waals surface area contributed by atoms with Gasteiger partial charge in [-0.15, -0.1) is 0 Å². The molecule has 0 aromatic heterocycles. The minimum Gasteiger partial charge on any atom is -0.267 e. The van der Waals surface area contributed by atoms with Gasteiger partial charge in [0.2, 0.25) is 0 Å². The quantitative estimate of drug-likeness (QED) is 0.797. The molecule has 0 saturated heterocycles. The van der Waals surface area contributed by atoms with Crippen molar-refractivity contribution in [1.82, 2.24) is 5.43 Å². The molecule has 3 heteroatoms. The maximum absolute atomic E-state index is 11.8. The summed E-state index contributed by atoms with van der Waals surface area (Å²) in [6, 6.07) is 7.52. The molecule has 1 aromatic rings. The van der Waals surface area contributed by atoms with E-state index in [0.717, 1.165) is 30.0 Å². The van der Waals surface area contributed by atoms with E-state index in [1.54, 1.807) is 0 Å². The Hall–Kier alpha value is -1.64. The molecule has 96 valence electrons. The van der Waals surface area contributed by atoms with Crippen LogP contribution in [0.4, 0.5) is 0 Å². The molecule has 0 spiro atoms. The lowest BCUT2D eigenvalue weighted by Gasteiger charge is -2.18. The van der Waals surface area contributed by atoms with Gasteiger partial charge in [0.1, 0.15) is 0 Å². The SMILES string of the molecule is Cc1ccc(C(=O)NN=C2CCC(C)CC2)cc1. The highest BCUT2D eigenvalue weighted by Gasteiger charge is 2.13. The van der Waals surface area contributed by atoms with E-state index in [-0.39, 0.29) is 5.91 Å². The smallest absolute Gasteiger partial charge is 0.267 e. The third kappa shape index (κ3) is 3.42. The molecule has 1 N–H and O–H groups in total. The summed E-state index contributed by atoms with van der Waals surface area (Å²) in [4.78, 5) is 11.8. The van der Waals surface area contributed by atoms with Crippen molar-refractivity contribution in [2.45, 2.75) is 39.5 Å².